The van der Waals surface area contributed by atoms with E-state index in [0.717, 1.165) is 18.8 Å². The molecule has 1 aliphatic heterocycles. The molecule has 0 amide bonds. The van der Waals surface area contributed by atoms with Gasteiger partial charge in [-0.1, -0.05) is 26.7 Å². The van der Waals surface area contributed by atoms with Crippen LogP contribution in [0.5, 0.6) is 0 Å². The van der Waals surface area contributed by atoms with Gasteiger partial charge in [0.1, 0.15) is 0 Å². The Kier molecular flexibility index (Phi) is 5.14. The Hall–Kier alpha value is -0.0151. The van der Waals surface area contributed by atoms with Crippen LogP contribution in [0.15, 0.2) is 0 Å². The van der Waals surface area contributed by atoms with Gasteiger partial charge >= 0.3 is 0 Å². The highest BCUT2D eigenvalue weighted by molar-refractivity contribution is 6.56. The van der Waals surface area contributed by atoms with Crippen LogP contribution < -0.4 is 0 Å². The molecule has 1 fully saturated rings. The maximum atomic E-state index is 2.58. The third kappa shape index (κ3) is 3.22. The molecule has 1 aliphatic rings. The Labute approximate surface area is 96.1 Å². The van der Waals surface area contributed by atoms with Crippen LogP contribution in [0.25, 0.3) is 0 Å². The van der Waals surface area contributed by atoms with Crippen molar-refractivity contribution >= 4 is 6.85 Å². The summed E-state index contributed by atoms with van der Waals surface area (Å²) in [4.78, 5) is 4.96. The van der Waals surface area contributed by atoms with Gasteiger partial charge in [-0.2, -0.15) is 0 Å². The van der Waals surface area contributed by atoms with Crippen LogP contribution in [-0.2, 0) is 0 Å². The van der Waals surface area contributed by atoms with Crippen molar-refractivity contribution in [2.24, 2.45) is 5.92 Å². The first-order valence-electron chi connectivity index (χ1n) is 6.46. The summed E-state index contributed by atoms with van der Waals surface area (Å²) in [7, 11) is 6.72. The van der Waals surface area contributed by atoms with Gasteiger partial charge in [-0.15, -0.1) is 0 Å². The van der Waals surface area contributed by atoms with Crippen LogP contribution in [0.3, 0.4) is 0 Å². The molecule has 1 saturated heterocycles. The molecular formula is C12H27BN2. The van der Waals surface area contributed by atoms with Gasteiger partial charge in [0.05, 0.1) is 0 Å². The minimum absolute atomic E-state index is 0.769. The summed E-state index contributed by atoms with van der Waals surface area (Å²) in [5.74, 6) is 0.907. The Morgan fingerprint density at radius 2 is 2.07 bits per heavy atom. The largest absolute Gasteiger partial charge is 0.346 e. The van der Waals surface area contributed by atoms with Gasteiger partial charge in [0.25, 0.3) is 0 Å². The van der Waals surface area contributed by atoms with Crippen LogP contribution in [0.1, 0.15) is 33.1 Å². The Bertz CT molecular complexity index is 184. The molecular weight excluding hydrogens is 183 g/mol. The van der Waals surface area contributed by atoms with Crippen molar-refractivity contribution in [2.75, 3.05) is 27.6 Å². The molecule has 0 N–H and O–H groups in total. The zero-order chi connectivity index (χ0) is 11.4. The van der Waals surface area contributed by atoms with Gasteiger partial charge in [0.2, 0.25) is 6.85 Å². The third-order valence-corrected chi connectivity index (χ3v) is 4.04. The lowest BCUT2D eigenvalue weighted by atomic mass is 9.58. The maximum absolute atomic E-state index is 2.58. The number of hydrogen-bond acceptors (Lipinski definition) is 2. The molecule has 0 bridgehead atoms. The van der Waals surface area contributed by atoms with Gasteiger partial charge < -0.3 is 9.71 Å². The van der Waals surface area contributed by atoms with E-state index in [9.17, 15) is 0 Å². The highest BCUT2D eigenvalue weighted by atomic mass is 15.2. The van der Waals surface area contributed by atoms with Crippen molar-refractivity contribution < 1.29 is 0 Å². The third-order valence-electron chi connectivity index (χ3n) is 4.04. The van der Waals surface area contributed by atoms with E-state index < -0.39 is 0 Å². The summed E-state index contributed by atoms with van der Waals surface area (Å²) in [6, 6.07) is 0.822. The van der Waals surface area contributed by atoms with Crippen molar-refractivity contribution in [2.45, 2.75) is 45.5 Å². The number of nitrogens with zero attached hydrogens (tertiary/aromatic N) is 2. The van der Waals surface area contributed by atoms with Crippen LogP contribution >= 0.6 is 0 Å². The van der Waals surface area contributed by atoms with Crippen molar-refractivity contribution in [3.05, 3.63) is 0 Å². The SMILES string of the molecule is CCCC(CC)C1CB(N(C)C)CN1C. The predicted molar refractivity (Wildman–Crippen MR) is 69.4 cm³/mol. The van der Waals surface area contributed by atoms with E-state index in [0.29, 0.717) is 0 Å². The van der Waals surface area contributed by atoms with Crippen molar-refractivity contribution in [1.29, 1.82) is 0 Å². The molecule has 0 spiro atoms. The summed E-state index contributed by atoms with van der Waals surface area (Å²) in [5, 5.41) is 0. The van der Waals surface area contributed by atoms with Gasteiger partial charge in [0, 0.05) is 6.04 Å². The highest BCUT2D eigenvalue weighted by Crippen LogP contribution is 2.28. The molecule has 1 heterocycles. The number of hydrogen-bond donors (Lipinski definition) is 0. The quantitative estimate of drug-likeness (QED) is 0.642. The van der Waals surface area contributed by atoms with Gasteiger partial charge in [-0.3, -0.25) is 0 Å². The molecule has 0 aromatic heterocycles. The second-order valence-electron chi connectivity index (χ2n) is 5.32. The van der Waals surface area contributed by atoms with E-state index in [1.807, 2.05) is 0 Å². The lowest BCUT2D eigenvalue weighted by molar-refractivity contribution is 0.218. The highest BCUT2D eigenvalue weighted by Gasteiger charge is 2.37. The Morgan fingerprint density at radius 3 is 2.47 bits per heavy atom. The average Bonchev–Trinajstić information content (AvgIpc) is 2.57. The van der Waals surface area contributed by atoms with E-state index in [1.165, 1.54) is 32.0 Å². The Balaban J connectivity index is 2.54. The summed E-state index contributed by atoms with van der Waals surface area (Å²) in [6.45, 7) is 5.42. The van der Waals surface area contributed by atoms with Crippen LogP contribution in [-0.4, -0.2) is 50.2 Å². The van der Waals surface area contributed by atoms with Gasteiger partial charge in [-0.05, 0) is 46.2 Å². The molecule has 0 radical (unpaired) electrons. The van der Waals surface area contributed by atoms with E-state index in [1.54, 1.807) is 0 Å². The molecule has 0 saturated carbocycles. The molecule has 2 unspecified atom stereocenters. The van der Waals surface area contributed by atoms with E-state index in [4.69, 9.17) is 0 Å². The summed E-state index contributed by atoms with van der Waals surface area (Å²) >= 11 is 0. The summed E-state index contributed by atoms with van der Waals surface area (Å²) in [5.41, 5.74) is 0. The molecule has 15 heavy (non-hydrogen) atoms. The summed E-state index contributed by atoms with van der Waals surface area (Å²) in [6.07, 6.45) is 6.67. The first-order valence-corrected chi connectivity index (χ1v) is 6.46. The lowest BCUT2D eigenvalue weighted by Gasteiger charge is -2.28. The monoisotopic (exact) mass is 210 g/mol. The Morgan fingerprint density at radius 1 is 1.40 bits per heavy atom. The topological polar surface area (TPSA) is 6.48 Å². The minimum Gasteiger partial charge on any atom is -0.346 e. The number of rotatable bonds is 5. The lowest BCUT2D eigenvalue weighted by Crippen LogP contribution is -2.35. The first kappa shape index (κ1) is 13.1. The first-order chi connectivity index (χ1) is 7.10. The molecule has 3 heteroatoms. The molecule has 0 aromatic carbocycles. The van der Waals surface area contributed by atoms with E-state index >= 15 is 0 Å². The standard InChI is InChI=1S/C12H27BN2/c1-6-8-11(7-2)12-9-13(14(3)4)10-15(12)5/h11-12H,6-10H2,1-5H3. The van der Waals surface area contributed by atoms with E-state index in [-0.39, 0.29) is 0 Å². The minimum atomic E-state index is 0.769. The van der Waals surface area contributed by atoms with Crippen molar-refractivity contribution in [1.82, 2.24) is 9.71 Å². The smallest absolute Gasteiger partial charge is 0.239 e. The fourth-order valence-corrected chi connectivity index (χ4v) is 2.97. The zero-order valence-corrected chi connectivity index (χ0v) is 11.2. The second kappa shape index (κ2) is 5.90. The molecule has 2 nitrogen and oxygen atoms in total. The van der Waals surface area contributed by atoms with Crippen LogP contribution in [0, 0.1) is 5.92 Å². The molecule has 0 aliphatic carbocycles. The van der Waals surface area contributed by atoms with E-state index in [2.05, 4.69) is 44.7 Å². The maximum Gasteiger partial charge on any atom is 0.239 e. The van der Waals surface area contributed by atoms with Crippen LogP contribution in [0.4, 0.5) is 0 Å². The van der Waals surface area contributed by atoms with Crippen LogP contribution in [0.2, 0.25) is 6.32 Å². The van der Waals surface area contributed by atoms with Gasteiger partial charge in [-0.25, -0.2) is 0 Å². The average molecular weight is 210 g/mol. The normalized spacial score (nSPS) is 25.2. The molecule has 0 aromatic rings. The molecule has 1 rings (SSSR count). The zero-order valence-electron chi connectivity index (χ0n) is 11.2. The molecule has 88 valence electrons. The van der Waals surface area contributed by atoms with Crippen molar-refractivity contribution in [3.8, 4) is 0 Å². The predicted octanol–water partition coefficient (Wildman–Crippen LogP) is 2.22. The second-order valence-corrected chi connectivity index (χ2v) is 5.32. The fourth-order valence-electron chi connectivity index (χ4n) is 2.97. The fraction of sp³-hybridized carbons (Fsp3) is 1.00. The van der Waals surface area contributed by atoms with Crippen molar-refractivity contribution in [3.63, 3.8) is 0 Å². The van der Waals surface area contributed by atoms with Gasteiger partial charge in [0.15, 0.2) is 0 Å². The summed E-state index contributed by atoms with van der Waals surface area (Å²) < 4.78 is 0. The molecule has 2 atom stereocenters.